The Labute approximate surface area is 159 Å². The SMILES string of the molecule is CCOC(=O)C1=C(C)N=C2S[C@H](CC)C(=O)N2[C@@H]1c1ccc(Br)cc1. The average Bonchev–Trinajstić information content (AvgIpc) is 2.90. The van der Waals surface area contributed by atoms with E-state index in [1.54, 1.807) is 18.7 Å². The van der Waals surface area contributed by atoms with Gasteiger partial charge >= 0.3 is 5.97 Å². The maximum Gasteiger partial charge on any atom is 0.338 e. The summed E-state index contributed by atoms with van der Waals surface area (Å²) >= 11 is 4.89. The Bertz CT molecular complexity index is 773. The molecule has 0 aromatic heterocycles. The highest BCUT2D eigenvalue weighted by Crippen LogP contribution is 2.44. The molecular weight excluding hydrogens is 404 g/mol. The minimum absolute atomic E-state index is 0.00605. The third kappa shape index (κ3) is 3.27. The largest absolute Gasteiger partial charge is 0.463 e. The third-order valence-corrected chi connectivity index (χ3v) is 6.05. The van der Waals surface area contributed by atoms with Crippen LogP contribution in [-0.2, 0) is 14.3 Å². The highest BCUT2D eigenvalue weighted by molar-refractivity contribution is 9.10. The van der Waals surface area contributed by atoms with Crippen LogP contribution in [0.15, 0.2) is 45.0 Å². The molecule has 1 aromatic rings. The average molecular weight is 423 g/mol. The van der Waals surface area contributed by atoms with Crippen LogP contribution >= 0.6 is 27.7 Å². The molecule has 1 saturated heterocycles. The Balaban J connectivity index is 2.13. The Morgan fingerprint density at radius 3 is 2.60 bits per heavy atom. The number of halogens is 1. The smallest absolute Gasteiger partial charge is 0.338 e. The minimum atomic E-state index is -0.504. The van der Waals surface area contributed by atoms with Gasteiger partial charge in [0.25, 0.3) is 0 Å². The molecule has 0 N–H and O–H groups in total. The topological polar surface area (TPSA) is 59.0 Å². The molecule has 5 nitrogen and oxygen atoms in total. The van der Waals surface area contributed by atoms with Gasteiger partial charge in [-0.15, -0.1) is 0 Å². The molecule has 1 fully saturated rings. The van der Waals surface area contributed by atoms with Gasteiger partial charge in [-0.25, -0.2) is 9.79 Å². The summed E-state index contributed by atoms with van der Waals surface area (Å²) in [5, 5.41) is 0.501. The van der Waals surface area contributed by atoms with Crippen molar-refractivity contribution in [3.63, 3.8) is 0 Å². The normalized spacial score (nSPS) is 22.8. The van der Waals surface area contributed by atoms with E-state index < -0.39 is 12.0 Å². The van der Waals surface area contributed by atoms with Crippen LogP contribution in [0.4, 0.5) is 0 Å². The predicted molar refractivity (Wildman–Crippen MR) is 102 cm³/mol. The van der Waals surface area contributed by atoms with Gasteiger partial charge in [-0.1, -0.05) is 46.7 Å². The number of amides is 1. The molecule has 2 heterocycles. The maximum absolute atomic E-state index is 12.9. The Morgan fingerprint density at radius 2 is 2.00 bits per heavy atom. The fourth-order valence-electron chi connectivity index (χ4n) is 3.02. The van der Waals surface area contributed by atoms with Gasteiger partial charge < -0.3 is 4.74 Å². The third-order valence-electron chi connectivity index (χ3n) is 4.20. The van der Waals surface area contributed by atoms with Gasteiger partial charge in [-0.2, -0.15) is 0 Å². The van der Waals surface area contributed by atoms with Crippen LogP contribution < -0.4 is 0 Å². The number of aliphatic imine (C=N–C) groups is 1. The fraction of sp³-hybridized carbons (Fsp3) is 0.389. The number of carbonyl (C=O) groups is 2. The van der Waals surface area contributed by atoms with Crippen molar-refractivity contribution >= 4 is 44.7 Å². The van der Waals surface area contributed by atoms with Gasteiger partial charge in [0.05, 0.1) is 29.2 Å². The molecule has 3 rings (SSSR count). The van der Waals surface area contributed by atoms with Crippen LogP contribution in [-0.4, -0.2) is 33.8 Å². The number of hydrogen-bond acceptors (Lipinski definition) is 5. The van der Waals surface area contributed by atoms with E-state index in [9.17, 15) is 9.59 Å². The van der Waals surface area contributed by atoms with Gasteiger partial charge in [-0.05, 0) is 38.0 Å². The lowest BCUT2D eigenvalue weighted by molar-refractivity contribution is -0.139. The van der Waals surface area contributed by atoms with E-state index in [0.29, 0.717) is 16.4 Å². The van der Waals surface area contributed by atoms with Crippen LogP contribution in [0.3, 0.4) is 0 Å². The number of nitrogens with zero attached hydrogens (tertiary/aromatic N) is 2. The first kappa shape index (κ1) is 18.2. The lowest BCUT2D eigenvalue weighted by Crippen LogP contribution is -2.40. The summed E-state index contributed by atoms with van der Waals surface area (Å²) in [7, 11) is 0. The van der Waals surface area contributed by atoms with Crippen LogP contribution in [0.5, 0.6) is 0 Å². The zero-order valence-electron chi connectivity index (χ0n) is 14.3. The molecule has 2 aliphatic heterocycles. The summed E-state index contributed by atoms with van der Waals surface area (Å²) < 4.78 is 6.18. The monoisotopic (exact) mass is 422 g/mol. The molecule has 0 spiro atoms. The van der Waals surface area contributed by atoms with E-state index >= 15 is 0 Å². The van der Waals surface area contributed by atoms with E-state index in [1.165, 1.54) is 11.8 Å². The number of carbonyl (C=O) groups excluding carboxylic acids is 2. The van der Waals surface area contributed by atoms with Gasteiger partial charge in [0.1, 0.15) is 0 Å². The minimum Gasteiger partial charge on any atom is -0.463 e. The summed E-state index contributed by atoms with van der Waals surface area (Å²) in [5.41, 5.74) is 1.90. The molecule has 0 saturated carbocycles. The first-order valence-corrected chi connectivity index (χ1v) is 9.86. The first-order chi connectivity index (χ1) is 12.0. The van der Waals surface area contributed by atoms with Crippen molar-refractivity contribution in [1.82, 2.24) is 4.90 Å². The lowest BCUT2D eigenvalue weighted by atomic mass is 9.94. The van der Waals surface area contributed by atoms with Crippen molar-refractivity contribution in [2.24, 2.45) is 4.99 Å². The summed E-state index contributed by atoms with van der Waals surface area (Å²) in [4.78, 5) is 31.7. The first-order valence-electron chi connectivity index (χ1n) is 8.19. The van der Waals surface area contributed by atoms with Gasteiger partial charge in [-0.3, -0.25) is 9.69 Å². The molecule has 2 aliphatic rings. The van der Waals surface area contributed by atoms with Crippen LogP contribution in [0, 0.1) is 0 Å². The van der Waals surface area contributed by atoms with Crippen LogP contribution in [0.1, 0.15) is 38.8 Å². The molecular formula is C18H19BrN2O3S. The van der Waals surface area contributed by atoms with Gasteiger partial charge in [0, 0.05) is 4.47 Å². The van der Waals surface area contributed by atoms with E-state index in [2.05, 4.69) is 20.9 Å². The number of benzene rings is 1. The molecule has 1 aromatic carbocycles. The van der Waals surface area contributed by atoms with Crippen molar-refractivity contribution in [2.75, 3.05) is 6.61 Å². The van der Waals surface area contributed by atoms with Crippen molar-refractivity contribution < 1.29 is 14.3 Å². The molecule has 132 valence electrons. The van der Waals surface area contributed by atoms with Crippen molar-refractivity contribution in [3.8, 4) is 0 Å². The molecule has 0 bridgehead atoms. The second kappa shape index (κ2) is 7.33. The second-order valence-electron chi connectivity index (χ2n) is 5.79. The number of ether oxygens (including phenoxy) is 1. The van der Waals surface area contributed by atoms with Crippen molar-refractivity contribution in [2.45, 2.75) is 38.5 Å². The second-order valence-corrected chi connectivity index (χ2v) is 7.88. The number of esters is 1. The molecule has 0 radical (unpaired) electrons. The van der Waals surface area contributed by atoms with Crippen LogP contribution in [0.2, 0.25) is 0 Å². The van der Waals surface area contributed by atoms with Gasteiger partial charge in [0.2, 0.25) is 5.91 Å². The Morgan fingerprint density at radius 1 is 1.32 bits per heavy atom. The van der Waals surface area contributed by atoms with Crippen LogP contribution in [0.25, 0.3) is 0 Å². The highest BCUT2D eigenvalue weighted by atomic mass is 79.9. The summed E-state index contributed by atoms with van der Waals surface area (Å²) in [6.45, 7) is 5.83. The van der Waals surface area contributed by atoms with Crippen molar-refractivity contribution in [1.29, 1.82) is 0 Å². The number of rotatable bonds is 4. The highest BCUT2D eigenvalue weighted by Gasteiger charge is 2.47. The van der Waals surface area contributed by atoms with Crippen molar-refractivity contribution in [3.05, 3.63) is 45.6 Å². The maximum atomic E-state index is 12.9. The molecule has 2 atom stereocenters. The quantitative estimate of drug-likeness (QED) is 0.686. The fourth-order valence-corrected chi connectivity index (χ4v) is 4.42. The zero-order chi connectivity index (χ0) is 18.1. The molecule has 0 unspecified atom stereocenters. The number of thioether (sulfide) groups is 1. The number of amidine groups is 1. The van der Waals surface area contributed by atoms with Gasteiger partial charge in [0.15, 0.2) is 5.17 Å². The lowest BCUT2D eigenvalue weighted by Gasteiger charge is -2.33. The Hall–Kier alpha value is -1.60. The standard InChI is InChI=1S/C18H19BrN2O3S/c1-4-13-16(22)21-15(11-6-8-12(19)9-7-11)14(17(23)24-5-2)10(3)20-18(21)25-13/h6-9,13,15H,4-5H2,1-3H3/t13-,15-/m1/s1. The van der Waals surface area contributed by atoms with E-state index in [0.717, 1.165) is 16.5 Å². The molecule has 7 heteroatoms. The summed E-state index contributed by atoms with van der Waals surface area (Å²) in [5.74, 6) is -0.429. The summed E-state index contributed by atoms with van der Waals surface area (Å²) in [6, 6.07) is 7.15. The zero-order valence-corrected chi connectivity index (χ0v) is 16.7. The Kier molecular flexibility index (Phi) is 5.34. The predicted octanol–water partition coefficient (Wildman–Crippen LogP) is 4.05. The van der Waals surface area contributed by atoms with E-state index in [1.807, 2.05) is 31.2 Å². The molecule has 25 heavy (non-hydrogen) atoms. The number of fused-ring (bicyclic) bond motifs is 1. The number of hydrogen-bond donors (Lipinski definition) is 0. The molecule has 0 aliphatic carbocycles. The summed E-state index contributed by atoms with van der Waals surface area (Å²) in [6.07, 6.45) is 0.722. The van der Waals surface area contributed by atoms with E-state index in [4.69, 9.17) is 4.74 Å². The molecule has 1 amide bonds. The number of allylic oxidation sites excluding steroid dienone is 1. The van der Waals surface area contributed by atoms with E-state index in [-0.39, 0.29) is 17.8 Å².